The molecule has 4 aromatic rings. The second-order valence-electron chi connectivity index (χ2n) is 7.20. The molecule has 1 fully saturated rings. The molecule has 0 spiro atoms. The first-order valence-electron chi connectivity index (χ1n) is 8.88. The van der Waals surface area contributed by atoms with E-state index in [1.165, 1.54) is 16.2 Å². The molecule has 0 heterocycles. The molecule has 1 atom stereocenters. The van der Waals surface area contributed by atoms with Crippen LogP contribution in [0, 0.1) is 0 Å². The fraction of sp³-hybridized carbons (Fsp3) is 0.125. The van der Waals surface area contributed by atoms with E-state index in [2.05, 4.69) is 55.1 Å². The molecule has 4 aromatic carbocycles. The molecule has 1 aliphatic carbocycles. The van der Waals surface area contributed by atoms with Crippen LogP contribution in [0.5, 0.6) is 0 Å². The van der Waals surface area contributed by atoms with Gasteiger partial charge >= 0.3 is 5.97 Å². The summed E-state index contributed by atoms with van der Waals surface area (Å²) in [6.07, 6.45) is 1.41. The van der Waals surface area contributed by atoms with Crippen molar-refractivity contribution in [3.8, 4) is 0 Å². The van der Waals surface area contributed by atoms with E-state index in [0.29, 0.717) is 6.42 Å². The molecule has 2 nitrogen and oxygen atoms in total. The maximum Gasteiger partial charge on any atom is 0.318 e. The van der Waals surface area contributed by atoms with E-state index in [9.17, 15) is 9.90 Å². The average Bonchev–Trinajstić information content (AvgIpc) is 2.66. The zero-order valence-electron chi connectivity index (χ0n) is 14.3. The minimum Gasteiger partial charge on any atom is -0.480 e. The lowest BCUT2D eigenvalue weighted by atomic mass is 9.61. The number of carboxylic acids is 1. The van der Waals surface area contributed by atoms with E-state index in [1.807, 2.05) is 18.2 Å². The number of benzene rings is 4. The number of carbonyl (C=O) groups is 1. The van der Waals surface area contributed by atoms with Gasteiger partial charge in [0.2, 0.25) is 0 Å². The van der Waals surface area contributed by atoms with Gasteiger partial charge in [-0.3, -0.25) is 4.79 Å². The zero-order chi connectivity index (χ0) is 17.9. The predicted molar refractivity (Wildman–Crippen MR) is 107 cm³/mol. The first-order valence-corrected chi connectivity index (χ1v) is 8.88. The van der Waals surface area contributed by atoms with Gasteiger partial charge < -0.3 is 5.11 Å². The molecule has 1 N–H and O–H groups in total. The van der Waals surface area contributed by atoms with Crippen LogP contribution in [-0.4, -0.2) is 11.1 Å². The molecule has 26 heavy (non-hydrogen) atoms. The monoisotopic (exact) mass is 338 g/mol. The summed E-state index contributed by atoms with van der Waals surface area (Å²) in [5, 5.41) is 16.9. The second kappa shape index (κ2) is 5.18. The minimum atomic E-state index is -0.923. The van der Waals surface area contributed by atoms with E-state index in [4.69, 9.17) is 0 Å². The summed E-state index contributed by atoms with van der Waals surface area (Å²) in [5.41, 5.74) is 0.720. The molecule has 0 aromatic heterocycles. The molecule has 1 saturated carbocycles. The zero-order valence-corrected chi connectivity index (χ0v) is 14.3. The van der Waals surface area contributed by atoms with Crippen molar-refractivity contribution in [2.75, 3.05) is 0 Å². The molecule has 0 bridgehead atoms. The lowest BCUT2D eigenvalue weighted by Gasteiger charge is -2.41. The van der Waals surface area contributed by atoms with E-state index < -0.39 is 11.4 Å². The van der Waals surface area contributed by atoms with Gasteiger partial charge in [-0.25, -0.2) is 0 Å². The van der Waals surface area contributed by atoms with Crippen molar-refractivity contribution in [1.82, 2.24) is 0 Å². The van der Waals surface area contributed by atoms with Crippen LogP contribution in [0.25, 0.3) is 32.3 Å². The van der Waals surface area contributed by atoms with Gasteiger partial charge in [-0.15, -0.1) is 0 Å². The standard InChI is InChI=1S/C24H18O2/c1-15-12-13-24(15,23(25)26)18-9-6-17-8-10-20-19-5-3-2-4-16(19)7-11-21(20)22(17)14-18/h2-11,14H,1,12-13H2,(H,25,26). The van der Waals surface area contributed by atoms with Crippen LogP contribution in [-0.2, 0) is 10.2 Å². The third-order valence-electron chi connectivity index (χ3n) is 6.01. The van der Waals surface area contributed by atoms with Crippen molar-refractivity contribution in [3.63, 3.8) is 0 Å². The molecule has 0 saturated heterocycles. The molecule has 0 radical (unpaired) electrons. The number of hydrogen-bond donors (Lipinski definition) is 1. The summed E-state index contributed by atoms with van der Waals surface area (Å²) < 4.78 is 0. The normalized spacial score (nSPS) is 19.8. The highest BCUT2D eigenvalue weighted by Gasteiger charge is 2.49. The Morgan fingerprint density at radius 1 is 0.846 bits per heavy atom. The smallest absolute Gasteiger partial charge is 0.318 e. The Balaban J connectivity index is 1.85. The molecule has 1 unspecified atom stereocenters. The number of aliphatic carboxylic acids is 1. The van der Waals surface area contributed by atoms with E-state index in [0.717, 1.165) is 33.7 Å². The van der Waals surface area contributed by atoms with Gasteiger partial charge in [-0.1, -0.05) is 72.8 Å². The number of hydrogen-bond acceptors (Lipinski definition) is 1. The van der Waals surface area contributed by atoms with Crippen LogP contribution in [0.15, 0.2) is 78.9 Å². The van der Waals surface area contributed by atoms with Gasteiger partial charge in [-0.2, -0.15) is 0 Å². The van der Waals surface area contributed by atoms with Crippen molar-refractivity contribution in [1.29, 1.82) is 0 Å². The Labute approximate surface area is 151 Å². The first-order chi connectivity index (χ1) is 12.6. The molecule has 0 aliphatic heterocycles. The van der Waals surface area contributed by atoms with Gasteiger partial charge in [0.1, 0.15) is 5.41 Å². The maximum absolute atomic E-state index is 12.0. The van der Waals surface area contributed by atoms with Crippen LogP contribution in [0.4, 0.5) is 0 Å². The summed E-state index contributed by atoms with van der Waals surface area (Å²) >= 11 is 0. The second-order valence-corrected chi connectivity index (χ2v) is 7.20. The summed E-state index contributed by atoms with van der Waals surface area (Å²) in [7, 11) is 0. The van der Waals surface area contributed by atoms with Crippen molar-refractivity contribution in [3.05, 3.63) is 84.4 Å². The number of carboxylic acid groups (broad SMARTS) is 1. The van der Waals surface area contributed by atoms with Crippen molar-refractivity contribution in [2.45, 2.75) is 18.3 Å². The Bertz CT molecular complexity index is 1230. The van der Waals surface area contributed by atoms with E-state index in [-0.39, 0.29) is 0 Å². The Hall–Kier alpha value is -3.13. The Morgan fingerprint density at radius 3 is 2.15 bits per heavy atom. The van der Waals surface area contributed by atoms with E-state index >= 15 is 0 Å². The quantitative estimate of drug-likeness (QED) is 0.369. The summed E-state index contributed by atoms with van der Waals surface area (Å²) in [6, 6.07) is 23.0. The van der Waals surface area contributed by atoms with Gasteiger partial charge in [0.15, 0.2) is 0 Å². The van der Waals surface area contributed by atoms with Gasteiger partial charge in [-0.05, 0) is 56.8 Å². The van der Waals surface area contributed by atoms with Gasteiger partial charge in [0.05, 0.1) is 0 Å². The lowest BCUT2D eigenvalue weighted by molar-refractivity contribution is -0.144. The largest absolute Gasteiger partial charge is 0.480 e. The third kappa shape index (κ3) is 1.84. The fourth-order valence-electron chi connectivity index (χ4n) is 4.37. The molecular weight excluding hydrogens is 320 g/mol. The van der Waals surface area contributed by atoms with Crippen molar-refractivity contribution < 1.29 is 9.90 Å². The fourth-order valence-corrected chi connectivity index (χ4v) is 4.37. The van der Waals surface area contributed by atoms with Crippen LogP contribution in [0.2, 0.25) is 0 Å². The van der Waals surface area contributed by atoms with Gasteiger partial charge in [0.25, 0.3) is 0 Å². The Morgan fingerprint density at radius 2 is 1.50 bits per heavy atom. The Kier molecular flexibility index (Phi) is 3.02. The predicted octanol–water partition coefficient (Wildman–Crippen LogP) is 5.82. The summed E-state index contributed by atoms with van der Waals surface area (Å²) in [6.45, 7) is 4.01. The maximum atomic E-state index is 12.0. The SMILES string of the molecule is C=C1CCC1(C(=O)O)c1ccc2ccc3c4ccccc4ccc3c2c1. The summed E-state index contributed by atoms with van der Waals surface area (Å²) in [5.74, 6) is -0.793. The highest BCUT2D eigenvalue weighted by Crippen LogP contribution is 2.48. The lowest BCUT2D eigenvalue weighted by Crippen LogP contribution is -2.44. The van der Waals surface area contributed by atoms with Crippen molar-refractivity contribution >= 4 is 38.3 Å². The molecule has 1 aliphatic rings. The highest BCUT2D eigenvalue weighted by molar-refractivity contribution is 6.17. The topological polar surface area (TPSA) is 37.3 Å². The van der Waals surface area contributed by atoms with Crippen LogP contribution in [0.1, 0.15) is 18.4 Å². The van der Waals surface area contributed by atoms with Crippen LogP contribution in [0.3, 0.4) is 0 Å². The molecule has 2 heteroatoms. The number of rotatable bonds is 2. The average molecular weight is 338 g/mol. The minimum absolute atomic E-state index is 0.625. The highest BCUT2D eigenvalue weighted by atomic mass is 16.4. The molecular formula is C24H18O2. The van der Waals surface area contributed by atoms with E-state index in [1.54, 1.807) is 0 Å². The molecule has 5 rings (SSSR count). The molecule has 0 amide bonds. The van der Waals surface area contributed by atoms with Crippen molar-refractivity contribution in [2.24, 2.45) is 0 Å². The molecule has 126 valence electrons. The van der Waals surface area contributed by atoms with Gasteiger partial charge in [0, 0.05) is 0 Å². The number of fused-ring (bicyclic) bond motifs is 5. The first kappa shape index (κ1) is 15.2. The van der Waals surface area contributed by atoms with Crippen LogP contribution >= 0.6 is 0 Å². The van der Waals surface area contributed by atoms with Crippen LogP contribution < -0.4 is 0 Å². The third-order valence-corrected chi connectivity index (χ3v) is 6.01. The summed E-state index contributed by atoms with van der Waals surface area (Å²) in [4.78, 5) is 12.0.